The summed E-state index contributed by atoms with van der Waals surface area (Å²) in [6.45, 7) is 2.81. The van der Waals surface area contributed by atoms with Gasteiger partial charge in [0.1, 0.15) is 0 Å². The zero-order valence-electron chi connectivity index (χ0n) is 11.9. The van der Waals surface area contributed by atoms with E-state index in [1.165, 1.54) is 39.2 Å². The summed E-state index contributed by atoms with van der Waals surface area (Å²) in [5.74, 6) is 0. The topological polar surface area (TPSA) is 47.2 Å². The first kappa shape index (κ1) is 14.1. The van der Waals surface area contributed by atoms with Crippen molar-refractivity contribution in [2.75, 3.05) is 13.1 Å². The number of aromatic nitrogens is 2. The van der Waals surface area contributed by atoms with Gasteiger partial charge in [0.2, 0.25) is 0 Å². The number of rotatable bonds is 2. The molecule has 0 saturated carbocycles. The lowest BCUT2D eigenvalue weighted by molar-refractivity contribution is 0.233. The van der Waals surface area contributed by atoms with E-state index in [-0.39, 0.29) is 11.2 Å². The molecule has 0 aromatic carbocycles. The fourth-order valence-corrected chi connectivity index (χ4v) is 2.63. The lowest BCUT2D eigenvalue weighted by Crippen LogP contribution is -2.40. The van der Waals surface area contributed by atoms with Gasteiger partial charge in [0.25, 0.3) is 5.56 Å². The Morgan fingerprint density at radius 3 is 2.16 bits per heavy atom. The molecule has 0 N–H and O–H groups in total. The van der Waals surface area contributed by atoms with E-state index in [1.807, 2.05) is 0 Å². The zero-order chi connectivity index (χ0) is 13.8. The Morgan fingerprint density at radius 2 is 1.53 bits per heavy atom. The lowest BCUT2D eigenvalue weighted by Gasteiger charge is -2.25. The van der Waals surface area contributed by atoms with Gasteiger partial charge in [-0.15, -0.1) is 0 Å². The first-order valence-corrected chi connectivity index (χ1v) is 7.08. The van der Waals surface area contributed by atoms with Crippen molar-refractivity contribution in [3.8, 4) is 0 Å². The third-order valence-corrected chi connectivity index (χ3v) is 3.96. The van der Waals surface area contributed by atoms with Crippen molar-refractivity contribution in [3.63, 3.8) is 0 Å². The minimum atomic E-state index is -0.241. The number of likely N-dealkylation sites (tertiary alicyclic amines) is 1. The van der Waals surface area contributed by atoms with Crippen molar-refractivity contribution in [2.45, 2.75) is 38.6 Å². The first-order valence-electron chi connectivity index (χ1n) is 7.08. The van der Waals surface area contributed by atoms with Crippen LogP contribution in [0.5, 0.6) is 0 Å². The number of hydrogen-bond acceptors (Lipinski definition) is 3. The van der Waals surface area contributed by atoms with E-state index in [0.717, 1.165) is 23.4 Å². The molecule has 1 saturated heterocycles. The highest BCUT2D eigenvalue weighted by Gasteiger charge is 2.12. The molecule has 0 unspecified atom stereocenters. The zero-order valence-corrected chi connectivity index (χ0v) is 11.9. The maximum absolute atomic E-state index is 11.9. The van der Waals surface area contributed by atoms with E-state index in [2.05, 4.69) is 4.90 Å². The predicted molar refractivity (Wildman–Crippen MR) is 75.3 cm³/mol. The van der Waals surface area contributed by atoms with Crippen molar-refractivity contribution >= 4 is 0 Å². The van der Waals surface area contributed by atoms with Crippen molar-refractivity contribution in [2.24, 2.45) is 14.1 Å². The van der Waals surface area contributed by atoms with Gasteiger partial charge in [-0.2, -0.15) is 0 Å². The minimum Gasteiger partial charge on any atom is -0.299 e. The highest BCUT2D eigenvalue weighted by Crippen LogP contribution is 2.12. The van der Waals surface area contributed by atoms with Crippen molar-refractivity contribution in [1.82, 2.24) is 14.0 Å². The van der Waals surface area contributed by atoms with Crippen LogP contribution in [-0.4, -0.2) is 27.1 Å². The molecule has 0 atom stereocenters. The van der Waals surface area contributed by atoms with E-state index >= 15 is 0 Å². The molecule has 5 nitrogen and oxygen atoms in total. The van der Waals surface area contributed by atoms with Gasteiger partial charge in [0.15, 0.2) is 0 Å². The van der Waals surface area contributed by atoms with Crippen LogP contribution in [0.2, 0.25) is 0 Å². The van der Waals surface area contributed by atoms with Crippen LogP contribution in [0.1, 0.15) is 37.8 Å². The molecule has 1 aliphatic rings. The van der Waals surface area contributed by atoms with E-state index < -0.39 is 0 Å². The van der Waals surface area contributed by atoms with Crippen LogP contribution in [0.15, 0.2) is 15.7 Å². The summed E-state index contributed by atoms with van der Waals surface area (Å²) in [7, 11) is 3.26. The van der Waals surface area contributed by atoms with E-state index in [4.69, 9.17) is 0 Å². The molecule has 1 aromatic heterocycles. The largest absolute Gasteiger partial charge is 0.330 e. The summed E-state index contributed by atoms with van der Waals surface area (Å²) in [5, 5.41) is 0. The normalized spacial score (nSPS) is 18.0. The van der Waals surface area contributed by atoms with Crippen LogP contribution in [0.4, 0.5) is 0 Å². The van der Waals surface area contributed by atoms with Gasteiger partial charge in [-0.25, -0.2) is 4.79 Å². The Morgan fingerprint density at radius 1 is 0.947 bits per heavy atom. The van der Waals surface area contributed by atoms with Gasteiger partial charge in [-0.3, -0.25) is 18.8 Å². The van der Waals surface area contributed by atoms with E-state index in [9.17, 15) is 9.59 Å². The minimum absolute atomic E-state index is 0.217. The monoisotopic (exact) mass is 265 g/mol. The van der Waals surface area contributed by atoms with Crippen LogP contribution in [0, 0.1) is 0 Å². The molecule has 0 aliphatic carbocycles. The third kappa shape index (κ3) is 3.35. The molecular formula is C14H23N3O2. The van der Waals surface area contributed by atoms with Gasteiger partial charge in [-0.1, -0.05) is 19.3 Å². The van der Waals surface area contributed by atoms with Crippen LogP contribution in [0.3, 0.4) is 0 Å². The smallest absolute Gasteiger partial charge is 0.299 e. The standard InChI is InChI=1S/C14H23N3O2/c1-15-12(10-13(18)16(2)14(15)19)11-17-8-6-4-3-5-7-9-17/h10H,3-9,11H2,1-2H3. The third-order valence-electron chi connectivity index (χ3n) is 3.96. The summed E-state index contributed by atoms with van der Waals surface area (Å²) in [5.41, 5.74) is 0.355. The molecule has 19 heavy (non-hydrogen) atoms. The molecule has 0 amide bonds. The second-order valence-corrected chi connectivity index (χ2v) is 5.42. The van der Waals surface area contributed by atoms with Crippen LogP contribution < -0.4 is 11.2 Å². The summed E-state index contributed by atoms with van der Waals surface area (Å²) >= 11 is 0. The summed E-state index contributed by atoms with van der Waals surface area (Å²) in [6.07, 6.45) is 6.31. The molecule has 1 aromatic rings. The van der Waals surface area contributed by atoms with Crippen LogP contribution >= 0.6 is 0 Å². The molecule has 0 bridgehead atoms. The second-order valence-electron chi connectivity index (χ2n) is 5.42. The van der Waals surface area contributed by atoms with Gasteiger partial charge >= 0.3 is 5.69 Å². The molecule has 0 spiro atoms. The first-order chi connectivity index (χ1) is 9.09. The fraction of sp³-hybridized carbons (Fsp3) is 0.714. The van der Waals surface area contributed by atoms with E-state index in [1.54, 1.807) is 17.7 Å². The van der Waals surface area contributed by atoms with Gasteiger partial charge in [0.05, 0.1) is 0 Å². The van der Waals surface area contributed by atoms with Crippen LogP contribution in [-0.2, 0) is 20.6 Å². The summed E-state index contributed by atoms with van der Waals surface area (Å²) in [6, 6.07) is 1.58. The maximum Gasteiger partial charge on any atom is 0.330 e. The van der Waals surface area contributed by atoms with E-state index in [0.29, 0.717) is 6.54 Å². The Bertz CT molecular complexity index is 537. The highest BCUT2D eigenvalue weighted by molar-refractivity contribution is 5.02. The molecule has 5 heteroatoms. The molecule has 1 fully saturated rings. The highest BCUT2D eigenvalue weighted by atomic mass is 16.2. The van der Waals surface area contributed by atoms with Crippen molar-refractivity contribution in [1.29, 1.82) is 0 Å². The summed E-state index contributed by atoms with van der Waals surface area (Å²) < 4.78 is 2.73. The van der Waals surface area contributed by atoms with Gasteiger partial charge < -0.3 is 0 Å². The average Bonchev–Trinajstić information content (AvgIpc) is 2.36. The molecule has 2 heterocycles. The fourth-order valence-electron chi connectivity index (χ4n) is 2.63. The Balaban J connectivity index is 2.18. The number of hydrogen-bond donors (Lipinski definition) is 0. The molecular weight excluding hydrogens is 242 g/mol. The van der Waals surface area contributed by atoms with Crippen molar-refractivity contribution < 1.29 is 0 Å². The van der Waals surface area contributed by atoms with Crippen molar-refractivity contribution in [3.05, 3.63) is 32.6 Å². The molecule has 0 radical (unpaired) electrons. The summed E-state index contributed by atoms with van der Waals surface area (Å²) in [4.78, 5) is 25.9. The SMILES string of the molecule is Cn1c(CN2CCCCCCC2)cc(=O)n(C)c1=O. The maximum atomic E-state index is 11.9. The molecule has 2 rings (SSSR count). The Hall–Kier alpha value is -1.36. The Kier molecular flexibility index (Phi) is 4.58. The quantitative estimate of drug-likeness (QED) is 0.796. The average molecular weight is 265 g/mol. The van der Waals surface area contributed by atoms with Gasteiger partial charge in [0, 0.05) is 32.4 Å². The number of nitrogens with zero attached hydrogens (tertiary/aromatic N) is 3. The molecule has 1 aliphatic heterocycles. The van der Waals surface area contributed by atoms with Gasteiger partial charge in [-0.05, 0) is 25.9 Å². The predicted octanol–water partition coefficient (Wildman–Crippen LogP) is 0.850. The van der Waals surface area contributed by atoms with Crippen LogP contribution in [0.25, 0.3) is 0 Å². The lowest BCUT2D eigenvalue weighted by atomic mass is 10.1. The Labute approximate surface area is 113 Å². The second kappa shape index (κ2) is 6.19. The molecule has 106 valence electrons.